The second-order valence-corrected chi connectivity index (χ2v) is 7.31. The van der Waals surface area contributed by atoms with Crippen molar-refractivity contribution in [1.29, 1.82) is 0 Å². The number of amides is 1. The number of esters is 1. The molecule has 0 unspecified atom stereocenters. The second-order valence-electron chi connectivity index (χ2n) is 6.92. The maximum absolute atomic E-state index is 11.8. The Kier molecular flexibility index (Phi) is 7.19. The number of halogens is 1. The Bertz CT molecular complexity index is 768. The molecule has 1 amide bonds. The van der Waals surface area contributed by atoms with E-state index in [9.17, 15) is 9.59 Å². The lowest BCUT2D eigenvalue weighted by atomic mass is 9.87. The van der Waals surface area contributed by atoms with Gasteiger partial charge in [-0.15, -0.1) is 0 Å². The van der Waals surface area contributed by atoms with E-state index in [1.54, 1.807) is 0 Å². The van der Waals surface area contributed by atoms with Crippen LogP contribution in [0.1, 0.15) is 36.7 Å². The van der Waals surface area contributed by atoms with Crippen LogP contribution in [0.2, 0.25) is 5.15 Å². The summed E-state index contributed by atoms with van der Waals surface area (Å²) in [5, 5.41) is 2.90. The van der Waals surface area contributed by atoms with Crippen molar-refractivity contribution < 1.29 is 19.1 Å². The van der Waals surface area contributed by atoms with Gasteiger partial charge in [-0.3, -0.25) is 4.79 Å². The fourth-order valence-electron chi connectivity index (χ4n) is 2.17. The maximum Gasteiger partial charge on any atom is 0.340 e. The van der Waals surface area contributed by atoms with E-state index in [0.717, 1.165) is 5.75 Å². The first-order valence-corrected chi connectivity index (χ1v) is 8.92. The summed E-state index contributed by atoms with van der Waals surface area (Å²) in [6.45, 7) is 6.69. The number of aromatic nitrogens is 1. The molecule has 0 radical (unpaired) electrons. The van der Waals surface area contributed by atoms with E-state index in [2.05, 4.69) is 31.1 Å². The number of carbonyl (C=O) groups excluding carboxylic acids is 2. The highest BCUT2D eigenvalue weighted by molar-refractivity contribution is 6.29. The SMILES string of the molecule is CC(C)(C)c1ccc(OCCNC(=O)COC(=O)c2ccc(Cl)nc2)cc1. The maximum atomic E-state index is 11.8. The van der Waals surface area contributed by atoms with Gasteiger partial charge in [0.1, 0.15) is 17.5 Å². The molecule has 0 saturated carbocycles. The normalized spacial score (nSPS) is 11.0. The molecule has 0 aliphatic carbocycles. The number of hydrogen-bond acceptors (Lipinski definition) is 5. The Labute approximate surface area is 163 Å². The quantitative estimate of drug-likeness (QED) is 0.445. The molecule has 2 aromatic rings. The molecule has 2 rings (SSSR count). The summed E-state index contributed by atoms with van der Waals surface area (Å²) in [5.41, 5.74) is 1.54. The van der Waals surface area contributed by atoms with Gasteiger partial charge in [-0.1, -0.05) is 44.5 Å². The summed E-state index contributed by atoms with van der Waals surface area (Å²) in [5.74, 6) is -0.305. The van der Waals surface area contributed by atoms with Gasteiger partial charge in [0.25, 0.3) is 5.91 Å². The Balaban J connectivity index is 1.66. The minimum absolute atomic E-state index is 0.0893. The molecule has 0 aliphatic rings. The Morgan fingerprint density at radius 3 is 2.41 bits per heavy atom. The number of carbonyl (C=O) groups is 2. The van der Waals surface area contributed by atoms with E-state index in [-0.39, 0.29) is 22.7 Å². The van der Waals surface area contributed by atoms with Crippen LogP contribution >= 0.6 is 11.6 Å². The summed E-state index contributed by atoms with van der Waals surface area (Å²) in [6.07, 6.45) is 1.29. The largest absolute Gasteiger partial charge is 0.492 e. The van der Waals surface area contributed by atoms with Gasteiger partial charge in [-0.25, -0.2) is 9.78 Å². The van der Waals surface area contributed by atoms with Crippen LogP contribution in [0.4, 0.5) is 0 Å². The third-order valence-corrected chi connectivity index (χ3v) is 3.93. The number of pyridine rings is 1. The average molecular weight is 391 g/mol. The minimum atomic E-state index is -0.635. The van der Waals surface area contributed by atoms with Crippen molar-refractivity contribution >= 4 is 23.5 Å². The van der Waals surface area contributed by atoms with Gasteiger partial charge in [-0.2, -0.15) is 0 Å². The lowest BCUT2D eigenvalue weighted by Gasteiger charge is -2.19. The lowest BCUT2D eigenvalue weighted by Crippen LogP contribution is -2.32. The van der Waals surface area contributed by atoms with Crippen molar-refractivity contribution in [3.63, 3.8) is 0 Å². The molecular formula is C20H23ClN2O4. The van der Waals surface area contributed by atoms with Crippen molar-refractivity contribution in [3.05, 3.63) is 58.9 Å². The third-order valence-electron chi connectivity index (χ3n) is 3.71. The number of nitrogens with zero attached hydrogens (tertiary/aromatic N) is 1. The van der Waals surface area contributed by atoms with E-state index in [0.29, 0.717) is 13.2 Å². The molecule has 7 heteroatoms. The van der Waals surface area contributed by atoms with Crippen molar-refractivity contribution in [2.45, 2.75) is 26.2 Å². The molecule has 27 heavy (non-hydrogen) atoms. The topological polar surface area (TPSA) is 77.5 Å². The Hall–Kier alpha value is -2.60. The van der Waals surface area contributed by atoms with Crippen molar-refractivity contribution in [2.24, 2.45) is 0 Å². The van der Waals surface area contributed by atoms with Gasteiger partial charge in [0.05, 0.1) is 12.1 Å². The van der Waals surface area contributed by atoms with E-state index < -0.39 is 11.9 Å². The zero-order chi connectivity index (χ0) is 19.9. The molecule has 0 bridgehead atoms. The molecule has 0 aliphatic heterocycles. The zero-order valence-corrected chi connectivity index (χ0v) is 16.4. The first kappa shape index (κ1) is 20.7. The monoisotopic (exact) mass is 390 g/mol. The molecular weight excluding hydrogens is 368 g/mol. The van der Waals surface area contributed by atoms with Gasteiger partial charge >= 0.3 is 5.97 Å². The van der Waals surface area contributed by atoms with Crippen LogP contribution < -0.4 is 10.1 Å². The summed E-state index contributed by atoms with van der Waals surface area (Å²) in [6, 6.07) is 10.8. The van der Waals surface area contributed by atoms with Gasteiger partial charge in [0, 0.05) is 6.20 Å². The Morgan fingerprint density at radius 2 is 1.81 bits per heavy atom. The van der Waals surface area contributed by atoms with Gasteiger partial charge in [0.2, 0.25) is 0 Å². The van der Waals surface area contributed by atoms with E-state index >= 15 is 0 Å². The number of ether oxygens (including phenoxy) is 2. The van der Waals surface area contributed by atoms with Crippen LogP contribution in [0.15, 0.2) is 42.6 Å². The second kappa shape index (κ2) is 9.37. The summed E-state index contributed by atoms with van der Waals surface area (Å²) in [7, 11) is 0. The highest BCUT2D eigenvalue weighted by Crippen LogP contribution is 2.24. The van der Waals surface area contributed by atoms with Crippen LogP contribution in [-0.4, -0.2) is 36.6 Å². The van der Waals surface area contributed by atoms with Crippen LogP contribution in [0.25, 0.3) is 0 Å². The van der Waals surface area contributed by atoms with E-state index in [1.807, 2.05) is 24.3 Å². The number of nitrogens with one attached hydrogen (secondary N) is 1. The molecule has 1 aromatic heterocycles. The molecule has 1 heterocycles. The highest BCUT2D eigenvalue weighted by Gasteiger charge is 2.13. The zero-order valence-electron chi connectivity index (χ0n) is 15.6. The highest BCUT2D eigenvalue weighted by atomic mass is 35.5. The van der Waals surface area contributed by atoms with Crippen molar-refractivity contribution in [1.82, 2.24) is 10.3 Å². The van der Waals surface area contributed by atoms with Crippen LogP contribution in [-0.2, 0) is 14.9 Å². The summed E-state index contributed by atoms with van der Waals surface area (Å²) in [4.78, 5) is 27.3. The lowest BCUT2D eigenvalue weighted by molar-refractivity contribution is -0.124. The fourth-order valence-corrected chi connectivity index (χ4v) is 2.28. The minimum Gasteiger partial charge on any atom is -0.492 e. The predicted molar refractivity (Wildman–Crippen MR) is 103 cm³/mol. The van der Waals surface area contributed by atoms with Crippen molar-refractivity contribution in [2.75, 3.05) is 19.8 Å². The molecule has 144 valence electrons. The molecule has 0 atom stereocenters. The third kappa shape index (κ3) is 6.90. The molecule has 0 saturated heterocycles. The van der Waals surface area contributed by atoms with E-state index in [4.69, 9.17) is 21.1 Å². The van der Waals surface area contributed by atoms with Crippen LogP contribution in [0.5, 0.6) is 5.75 Å². The van der Waals surface area contributed by atoms with E-state index in [1.165, 1.54) is 23.9 Å². The van der Waals surface area contributed by atoms with Crippen molar-refractivity contribution in [3.8, 4) is 5.75 Å². The molecule has 1 N–H and O–H groups in total. The fraction of sp³-hybridized carbons (Fsp3) is 0.350. The number of benzene rings is 1. The smallest absolute Gasteiger partial charge is 0.340 e. The molecule has 0 spiro atoms. The van der Waals surface area contributed by atoms with Gasteiger partial charge < -0.3 is 14.8 Å². The van der Waals surface area contributed by atoms with Crippen LogP contribution in [0.3, 0.4) is 0 Å². The molecule has 1 aromatic carbocycles. The first-order valence-electron chi connectivity index (χ1n) is 8.54. The predicted octanol–water partition coefficient (Wildman–Crippen LogP) is 3.38. The average Bonchev–Trinajstić information content (AvgIpc) is 2.63. The number of rotatable bonds is 7. The van der Waals surface area contributed by atoms with Gasteiger partial charge in [0.15, 0.2) is 6.61 Å². The standard InChI is InChI=1S/C20H23ClN2O4/c1-20(2,3)15-5-7-16(8-6-15)26-11-10-22-18(24)13-27-19(25)14-4-9-17(21)23-12-14/h4-9,12H,10-11,13H2,1-3H3,(H,22,24). The molecule has 0 fully saturated rings. The van der Waals surface area contributed by atoms with Crippen LogP contribution in [0, 0.1) is 0 Å². The molecule has 6 nitrogen and oxygen atoms in total. The Morgan fingerprint density at radius 1 is 1.11 bits per heavy atom. The van der Waals surface area contributed by atoms with Gasteiger partial charge in [-0.05, 0) is 35.2 Å². The summed E-state index contributed by atoms with van der Waals surface area (Å²) >= 11 is 5.65. The first-order chi connectivity index (χ1) is 12.8. The number of hydrogen-bond donors (Lipinski definition) is 1. The summed E-state index contributed by atoms with van der Waals surface area (Å²) < 4.78 is 10.5.